The van der Waals surface area contributed by atoms with Crippen molar-refractivity contribution in [2.24, 2.45) is 0 Å². The molecule has 0 bridgehead atoms. The Labute approximate surface area is 160 Å². The van der Waals surface area contributed by atoms with Crippen LogP contribution >= 0.6 is 11.3 Å². The van der Waals surface area contributed by atoms with E-state index in [9.17, 15) is 9.50 Å². The zero-order chi connectivity index (χ0) is 18.4. The fourth-order valence-corrected chi connectivity index (χ4v) is 4.83. The Morgan fingerprint density at radius 1 is 1.22 bits per heavy atom. The fourth-order valence-electron chi connectivity index (χ4n) is 3.69. The summed E-state index contributed by atoms with van der Waals surface area (Å²) in [6, 6.07) is 6.41. The van der Waals surface area contributed by atoms with Crippen LogP contribution in [0.2, 0.25) is 0 Å². The molecule has 1 aliphatic heterocycles. The standard InChI is InChI=1S/C20H20FN3O2S/c21-14-2-1-7-22-16(14)18(24-8-10-26-11-9-24)13-5-6-15-17(19(13)25)23-20(27-15)12-3-4-12/h1-2,5-7,12,18,25H,3-4,8-11H2. The third-order valence-corrected chi connectivity index (χ3v) is 6.44. The number of halogens is 1. The first-order valence-electron chi connectivity index (χ1n) is 9.27. The molecule has 1 aliphatic carbocycles. The minimum atomic E-state index is -0.467. The van der Waals surface area contributed by atoms with Gasteiger partial charge in [-0.1, -0.05) is 6.07 Å². The first kappa shape index (κ1) is 17.0. The molecule has 5 nitrogen and oxygen atoms in total. The Hall–Kier alpha value is -2.09. The minimum Gasteiger partial charge on any atom is -0.505 e. The number of nitrogens with zero attached hydrogens (tertiary/aromatic N) is 3. The number of benzene rings is 1. The summed E-state index contributed by atoms with van der Waals surface area (Å²) < 4.78 is 21.1. The molecule has 140 valence electrons. The zero-order valence-electron chi connectivity index (χ0n) is 14.8. The van der Waals surface area contributed by atoms with Crippen LogP contribution in [0.25, 0.3) is 10.2 Å². The van der Waals surface area contributed by atoms with Gasteiger partial charge in [-0.2, -0.15) is 0 Å². The average molecular weight is 385 g/mol. The van der Waals surface area contributed by atoms with Crippen LogP contribution in [0.15, 0.2) is 30.5 Å². The van der Waals surface area contributed by atoms with Crippen LogP contribution in [0, 0.1) is 5.82 Å². The van der Waals surface area contributed by atoms with Gasteiger partial charge in [-0.3, -0.25) is 9.88 Å². The molecule has 2 aliphatic rings. The second kappa shape index (κ2) is 6.82. The summed E-state index contributed by atoms with van der Waals surface area (Å²) in [4.78, 5) is 11.1. The van der Waals surface area contributed by atoms with Crippen LogP contribution in [0.5, 0.6) is 5.75 Å². The maximum Gasteiger partial charge on any atom is 0.147 e. The number of phenolic OH excluding ortho intramolecular Hbond substituents is 1. The molecular formula is C20H20FN3O2S. The molecule has 0 radical (unpaired) electrons. The Balaban J connectivity index is 1.64. The van der Waals surface area contributed by atoms with Gasteiger partial charge in [-0.25, -0.2) is 9.37 Å². The molecule has 3 aromatic rings. The van der Waals surface area contributed by atoms with Crippen LogP contribution in [-0.2, 0) is 4.74 Å². The number of pyridine rings is 1. The highest BCUT2D eigenvalue weighted by Gasteiger charge is 2.32. The van der Waals surface area contributed by atoms with Crippen molar-refractivity contribution in [3.05, 3.63) is 52.5 Å². The van der Waals surface area contributed by atoms with Crippen LogP contribution in [0.4, 0.5) is 4.39 Å². The Morgan fingerprint density at radius 2 is 2.04 bits per heavy atom. The van der Waals surface area contributed by atoms with Crippen molar-refractivity contribution in [2.75, 3.05) is 26.3 Å². The van der Waals surface area contributed by atoms with Gasteiger partial charge in [0.05, 0.1) is 34.7 Å². The highest BCUT2D eigenvalue weighted by Crippen LogP contribution is 2.46. The van der Waals surface area contributed by atoms with Crippen molar-refractivity contribution in [1.82, 2.24) is 14.9 Å². The van der Waals surface area contributed by atoms with Gasteiger partial charge in [-0.15, -0.1) is 11.3 Å². The van der Waals surface area contributed by atoms with E-state index >= 15 is 0 Å². The molecule has 0 spiro atoms. The highest BCUT2D eigenvalue weighted by molar-refractivity contribution is 7.18. The van der Waals surface area contributed by atoms with E-state index in [0.717, 1.165) is 9.71 Å². The molecule has 3 heterocycles. The number of fused-ring (bicyclic) bond motifs is 1. The molecule has 0 amide bonds. The normalized spacial score (nSPS) is 19.4. The number of phenols is 1. The number of aromatic nitrogens is 2. The quantitative estimate of drug-likeness (QED) is 0.740. The summed E-state index contributed by atoms with van der Waals surface area (Å²) in [5.41, 5.74) is 1.59. The van der Waals surface area contributed by atoms with Crippen molar-refractivity contribution in [2.45, 2.75) is 24.8 Å². The summed E-state index contributed by atoms with van der Waals surface area (Å²) in [7, 11) is 0. The monoisotopic (exact) mass is 385 g/mol. The van der Waals surface area contributed by atoms with E-state index in [2.05, 4.69) is 14.9 Å². The van der Waals surface area contributed by atoms with Gasteiger partial charge in [0.2, 0.25) is 0 Å². The van der Waals surface area contributed by atoms with Crippen LogP contribution in [0.3, 0.4) is 0 Å². The first-order chi connectivity index (χ1) is 13.2. The van der Waals surface area contributed by atoms with E-state index in [0.29, 0.717) is 49.0 Å². The van der Waals surface area contributed by atoms with E-state index < -0.39 is 6.04 Å². The Morgan fingerprint density at radius 3 is 2.78 bits per heavy atom. The van der Waals surface area contributed by atoms with Crippen molar-refractivity contribution in [1.29, 1.82) is 0 Å². The number of morpholine rings is 1. The van der Waals surface area contributed by atoms with Crippen LogP contribution < -0.4 is 0 Å². The molecule has 1 unspecified atom stereocenters. The molecule has 2 aromatic heterocycles. The lowest BCUT2D eigenvalue weighted by atomic mass is 9.98. The first-order valence-corrected chi connectivity index (χ1v) is 10.1. The molecule has 7 heteroatoms. The van der Waals surface area contributed by atoms with E-state index in [-0.39, 0.29) is 11.6 Å². The molecule has 1 aromatic carbocycles. The third-order valence-electron chi connectivity index (χ3n) is 5.26. The Kier molecular flexibility index (Phi) is 4.30. The predicted octanol–water partition coefficient (Wildman–Crippen LogP) is 3.84. The number of hydrogen-bond donors (Lipinski definition) is 1. The van der Waals surface area contributed by atoms with Gasteiger partial charge < -0.3 is 9.84 Å². The van der Waals surface area contributed by atoms with E-state index in [1.54, 1.807) is 23.6 Å². The molecule has 2 fully saturated rings. The summed E-state index contributed by atoms with van der Waals surface area (Å²) >= 11 is 1.64. The predicted molar refractivity (Wildman–Crippen MR) is 102 cm³/mol. The summed E-state index contributed by atoms with van der Waals surface area (Å²) in [6.07, 6.45) is 3.93. The summed E-state index contributed by atoms with van der Waals surface area (Å²) in [5, 5.41) is 12.1. The molecule has 1 saturated heterocycles. The van der Waals surface area contributed by atoms with Crippen LogP contribution in [0.1, 0.15) is 41.1 Å². The average Bonchev–Trinajstić information content (AvgIpc) is 3.45. The zero-order valence-corrected chi connectivity index (χ0v) is 15.6. The van der Waals surface area contributed by atoms with Crippen LogP contribution in [-0.4, -0.2) is 46.3 Å². The summed E-state index contributed by atoms with van der Waals surface area (Å²) in [6.45, 7) is 2.47. The van der Waals surface area contributed by atoms with Gasteiger partial charge in [0.1, 0.15) is 17.1 Å². The molecule has 1 atom stereocenters. The highest BCUT2D eigenvalue weighted by atomic mass is 32.1. The molecule has 1 N–H and O–H groups in total. The molecular weight excluding hydrogens is 365 g/mol. The van der Waals surface area contributed by atoms with Crippen molar-refractivity contribution < 1.29 is 14.2 Å². The van der Waals surface area contributed by atoms with E-state index in [1.807, 2.05) is 12.1 Å². The van der Waals surface area contributed by atoms with Gasteiger partial charge in [0, 0.05) is 30.8 Å². The lowest BCUT2D eigenvalue weighted by Crippen LogP contribution is -2.40. The topological polar surface area (TPSA) is 58.5 Å². The van der Waals surface area contributed by atoms with Crippen molar-refractivity contribution >= 4 is 21.6 Å². The SMILES string of the molecule is Oc1c(C(c2ncccc2F)N2CCOCC2)ccc2sc(C3CC3)nc12. The fraction of sp³-hybridized carbons (Fsp3) is 0.400. The maximum atomic E-state index is 14.6. The largest absolute Gasteiger partial charge is 0.505 e. The lowest BCUT2D eigenvalue weighted by molar-refractivity contribution is 0.0222. The van der Waals surface area contributed by atoms with Gasteiger partial charge in [0.15, 0.2) is 0 Å². The minimum absolute atomic E-state index is 0.136. The number of thiazole rings is 1. The smallest absolute Gasteiger partial charge is 0.147 e. The Bertz CT molecular complexity index is 983. The van der Waals surface area contributed by atoms with E-state index in [1.165, 1.54) is 18.9 Å². The second-order valence-corrected chi connectivity index (χ2v) is 8.16. The van der Waals surface area contributed by atoms with Gasteiger partial charge >= 0.3 is 0 Å². The molecule has 5 rings (SSSR count). The van der Waals surface area contributed by atoms with Gasteiger partial charge in [0.25, 0.3) is 0 Å². The third kappa shape index (κ3) is 3.09. The number of aromatic hydroxyl groups is 1. The number of hydrogen-bond acceptors (Lipinski definition) is 6. The van der Waals surface area contributed by atoms with Gasteiger partial charge in [-0.05, 0) is 31.0 Å². The van der Waals surface area contributed by atoms with Crippen molar-refractivity contribution in [3.8, 4) is 5.75 Å². The number of rotatable bonds is 4. The molecule has 1 saturated carbocycles. The number of ether oxygens (including phenoxy) is 1. The second-order valence-electron chi connectivity index (χ2n) is 7.10. The lowest BCUT2D eigenvalue weighted by Gasteiger charge is -2.34. The molecule has 27 heavy (non-hydrogen) atoms. The van der Waals surface area contributed by atoms with E-state index in [4.69, 9.17) is 4.74 Å². The summed E-state index contributed by atoms with van der Waals surface area (Å²) in [5.74, 6) is 0.302. The van der Waals surface area contributed by atoms with Crippen molar-refractivity contribution in [3.63, 3.8) is 0 Å². The maximum absolute atomic E-state index is 14.6.